The van der Waals surface area contributed by atoms with Gasteiger partial charge in [0.2, 0.25) is 0 Å². The zero-order chi connectivity index (χ0) is 2.71. The second-order valence-electron chi connectivity index (χ2n) is 0.167. The summed E-state index contributed by atoms with van der Waals surface area (Å²) in [5.41, 5.74) is 4.39. The molecule has 0 saturated carbocycles. The molecule has 0 bridgehead atoms. The van der Waals surface area contributed by atoms with E-state index >= 15 is 0 Å². The SMILES string of the molecule is N=CN.[KH]. The van der Waals surface area contributed by atoms with Crippen LogP contribution in [-0.4, -0.2) is 57.7 Å². The summed E-state index contributed by atoms with van der Waals surface area (Å²) in [5.74, 6) is 0. The molecule has 2 nitrogen and oxygen atoms in total. The van der Waals surface area contributed by atoms with Crippen molar-refractivity contribution in [3.8, 4) is 0 Å². The molecule has 0 aromatic rings. The molecule has 0 atom stereocenters. The van der Waals surface area contributed by atoms with Crippen molar-refractivity contribution < 1.29 is 0 Å². The second-order valence-corrected chi connectivity index (χ2v) is 0.167. The number of nitrogens with two attached hydrogens (primary N) is 1. The van der Waals surface area contributed by atoms with Gasteiger partial charge in [0.25, 0.3) is 0 Å². The van der Waals surface area contributed by atoms with E-state index in [0.29, 0.717) is 0 Å². The second kappa shape index (κ2) is 8.93. The van der Waals surface area contributed by atoms with Crippen molar-refractivity contribution in [1.29, 1.82) is 5.41 Å². The zero-order valence-corrected chi connectivity index (χ0v) is 1.65. The number of hydrogen-bond donors (Lipinski definition) is 2. The minimum absolute atomic E-state index is 0. The van der Waals surface area contributed by atoms with Crippen LogP contribution in [0.3, 0.4) is 0 Å². The van der Waals surface area contributed by atoms with Crippen LogP contribution in [0.4, 0.5) is 0 Å². The first kappa shape index (κ1) is 8.92. The van der Waals surface area contributed by atoms with E-state index in [1.54, 1.807) is 0 Å². The summed E-state index contributed by atoms with van der Waals surface area (Å²) >= 11 is 0. The van der Waals surface area contributed by atoms with Gasteiger partial charge in [0.1, 0.15) is 0 Å². The Morgan fingerprint density at radius 1 is 1.75 bits per heavy atom. The molecule has 0 rings (SSSR count). The van der Waals surface area contributed by atoms with Crippen molar-refractivity contribution in [1.82, 2.24) is 0 Å². The molecule has 0 aliphatic carbocycles. The van der Waals surface area contributed by atoms with Crippen LogP contribution in [0.1, 0.15) is 0 Å². The molecule has 0 radical (unpaired) electrons. The molecule has 20 valence electrons. The predicted octanol–water partition coefficient (Wildman–Crippen LogP) is -1.10. The molecule has 0 aliphatic rings. The summed E-state index contributed by atoms with van der Waals surface area (Å²) in [6.07, 6.45) is 0.750. The average Bonchev–Trinajstić information content (AvgIpc) is 0.918. The standard InChI is InChI=1S/CH4N2.K.H/c2-1-3;;/h1H,(H3,2,3);;. The Kier molecular flexibility index (Phi) is 19.9. The molecule has 0 amide bonds. The van der Waals surface area contributed by atoms with Crippen LogP contribution in [0, 0.1) is 5.41 Å². The van der Waals surface area contributed by atoms with Crippen molar-refractivity contribution in [3.63, 3.8) is 0 Å². The summed E-state index contributed by atoms with van der Waals surface area (Å²) < 4.78 is 0. The average molecular weight is 84.2 g/mol. The quantitative estimate of drug-likeness (QED) is 0.218. The Morgan fingerprint density at radius 2 is 1.75 bits per heavy atom. The first-order valence-corrected chi connectivity index (χ1v) is 0.622. The topological polar surface area (TPSA) is 49.9 Å². The predicted molar refractivity (Wildman–Crippen MR) is 20.1 cm³/mol. The third-order valence-corrected chi connectivity index (χ3v) is 0. The van der Waals surface area contributed by atoms with Gasteiger partial charge in [0.05, 0.1) is 6.34 Å². The molecule has 0 unspecified atom stereocenters. The summed E-state index contributed by atoms with van der Waals surface area (Å²) in [7, 11) is 0. The molecule has 4 heavy (non-hydrogen) atoms. The molecule has 0 spiro atoms. The van der Waals surface area contributed by atoms with Crippen LogP contribution in [-0.2, 0) is 0 Å². The minimum atomic E-state index is 0. The van der Waals surface area contributed by atoms with Gasteiger partial charge in [-0.3, -0.25) is 5.41 Å². The van der Waals surface area contributed by atoms with Crippen LogP contribution < -0.4 is 5.73 Å². The van der Waals surface area contributed by atoms with Crippen molar-refractivity contribution in [3.05, 3.63) is 0 Å². The fourth-order valence-electron chi connectivity index (χ4n) is 0. The van der Waals surface area contributed by atoms with E-state index in [1.165, 1.54) is 0 Å². The monoisotopic (exact) mass is 84.0 g/mol. The van der Waals surface area contributed by atoms with E-state index in [9.17, 15) is 0 Å². The fourth-order valence-corrected chi connectivity index (χ4v) is 0. The van der Waals surface area contributed by atoms with Gasteiger partial charge in [0, 0.05) is 0 Å². The van der Waals surface area contributed by atoms with E-state index in [-0.39, 0.29) is 51.4 Å². The van der Waals surface area contributed by atoms with Crippen LogP contribution in [0.2, 0.25) is 0 Å². The molecule has 0 heterocycles. The van der Waals surface area contributed by atoms with E-state index < -0.39 is 0 Å². The van der Waals surface area contributed by atoms with E-state index in [2.05, 4.69) is 5.73 Å². The molecule has 0 saturated heterocycles. The van der Waals surface area contributed by atoms with Crippen LogP contribution in [0.15, 0.2) is 0 Å². The number of hydrogen-bond acceptors (Lipinski definition) is 1. The molecule has 3 N–H and O–H groups in total. The third-order valence-electron chi connectivity index (χ3n) is 0. The molecule has 0 aliphatic heterocycles. The molecule has 0 fully saturated rings. The molecular weight excluding hydrogens is 79.1 g/mol. The van der Waals surface area contributed by atoms with Crippen LogP contribution in [0.25, 0.3) is 0 Å². The van der Waals surface area contributed by atoms with Gasteiger partial charge in [-0.15, -0.1) is 0 Å². The van der Waals surface area contributed by atoms with Gasteiger partial charge >= 0.3 is 51.4 Å². The van der Waals surface area contributed by atoms with Gasteiger partial charge < -0.3 is 5.73 Å². The Balaban J connectivity index is 0. The van der Waals surface area contributed by atoms with Gasteiger partial charge in [-0.1, -0.05) is 0 Å². The number of rotatable bonds is 0. The summed E-state index contributed by atoms with van der Waals surface area (Å²) in [5, 5.41) is 5.86. The maximum absolute atomic E-state index is 5.86. The van der Waals surface area contributed by atoms with Crippen LogP contribution >= 0.6 is 0 Å². The first-order valence-electron chi connectivity index (χ1n) is 0.622. The molecular formula is CH5KN2. The molecule has 0 aromatic carbocycles. The van der Waals surface area contributed by atoms with Gasteiger partial charge in [0.15, 0.2) is 0 Å². The van der Waals surface area contributed by atoms with E-state index in [0.717, 1.165) is 6.34 Å². The van der Waals surface area contributed by atoms with Crippen molar-refractivity contribution in [2.45, 2.75) is 0 Å². The van der Waals surface area contributed by atoms with Gasteiger partial charge in [-0.2, -0.15) is 0 Å². The number of nitrogens with one attached hydrogen (secondary N) is 1. The molecule has 3 heteroatoms. The zero-order valence-electron chi connectivity index (χ0n) is 1.65. The van der Waals surface area contributed by atoms with E-state index in [1.807, 2.05) is 0 Å². The van der Waals surface area contributed by atoms with E-state index in [4.69, 9.17) is 5.41 Å². The Bertz CT molecular complexity index is 13.5. The summed E-state index contributed by atoms with van der Waals surface area (Å²) in [6.45, 7) is 0. The van der Waals surface area contributed by atoms with Gasteiger partial charge in [-0.05, 0) is 0 Å². The Labute approximate surface area is 67.7 Å². The Hall–Kier alpha value is 1.11. The maximum atomic E-state index is 5.86. The van der Waals surface area contributed by atoms with Crippen molar-refractivity contribution >= 4 is 57.7 Å². The molecule has 0 aromatic heterocycles. The summed E-state index contributed by atoms with van der Waals surface area (Å²) in [6, 6.07) is 0. The van der Waals surface area contributed by atoms with Crippen molar-refractivity contribution in [2.24, 2.45) is 5.73 Å². The Morgan fingerprint density at radius 3 is 1.75 bits per heavy atom. The fraction of sp³-hybridized carbons (Fsp3) is 0. The third kappa shape index (κ3) is 11.3. The summed E-state index contributed by atoms with van der Waals surface area (Å²) in [4.78, 5) is 0. The van der Waals surface area contributed by atoms with Gasteiger partial charge in [-0.25, -0.2) is 0 Å². The van der Waals surface area contributed by atoms with Crippen molar-refractivity contribution in [2.75, 3.05) is 0 Å². The van der Waals surface area contributed by atoms with Crippen LogP contribution in [0.5, 0.6) is 0 Å². The normalized spacial score (nSPS) is 3.00. The first-order chi connectivity index (χ1) is 1.41.